The Labute approximate surface area is 201 Å². The van der Waals surface area contributed by atoms with Crippen molar-refractivity contribution in [3.63, 3.8) is 0 Å². The number of alkyl halides is 3. The molecule has 0 saturated carbocycles. The molecule has 0 aliphatic carbocycles. The zero-order valence-electron chi connectivity index (χ0n) is 19.5. The van der Waals surface area contributed by atoms with Gasteiger partial charge in [-0.2, -0.15) is 13.2 Å². The highest BCUT2D eigenvalue weighted by Gasteiger charge is 2.35. The standard InChI is InChI=1S/C25H26F3N3O4/c1-4-35-24(32)22-20(29-14-16-5-9-18(33-2)10-6-16)13-21(25(26,27)28)31-23(22)30-15-17-7-11-19(34-3)12-8-17/h5-13H,4,14-15H2,1-3H3,(H2,29,30,31). The molecule has 3 aromatic rings. The van der Waals surface area contributed by atoms with Crippen molar-refractivity contribution in [2.75, 3.05) is 31.5 Å². The number of carbonyl (C=O) groups is 1. The molecule has 0 aliphatic rings. The first kappa shape index (κ1) is 25.7. The molecule has 7 nitrogen and oxygen atoms in total. The quantitative estimate of drug-likeness (QED) is 0.363. The van der Waals surface area contributed by atoms with E-state index in [0.717, 1.165) is 17.2 Å². The molecule has 10 heteroatoms. The average Bonchev–Trinajstić information content (AvgIpc) is 2.86. The number of methoxy groups -OCH3 is 2. The number of benzene rings is 2. The highest BCUT2D eigenvalue weighted by atomic mass is 19.4. The van der Waals surface area contributed by atoms with Crippen LogP contribution in [-0.4, -0.2) is 31.8 Å². The molecule has 1 aromatic heterocycles. The molecular weight excluding hydrogens is 463 g/mol. The van der Waals surface area contributed by atoms with Crippen molar-refractivity contribution in [3.05, 3.63) is 77.0 Å². The Kier molecular flexibility index (Phi) is 8.40. The molecule has 0 radical (unpaired) electrons. The summed E-state index contributed by atoms with van der Waals surface area (Å²) in [6.45, 7) is 1.96. The summed E-state index contributed by atoms with van der Waals surface area (Å²) >= 11 is 0. The number of anilines is 2. The number of ether oxygens (including phenoxy) is 3. The van der Waals surface area contributed by atoms with Crippen LogP contribution in [0.3, 0.4) is 0 Å². The summed E-state index contributed by atoms with van der Waals surface area (Å²) in [4.78, 5) is 16.5. The first-order valence-corrected chi connectivity index (χ1v) is 10.8. The highest BCUT2D eigenvalue weighted by Crippen LogP contribution is 2.34. The van der Waals surface area contributed by atoms with Crippen molar-refractivity contribution < 1.29 is 32.2 Å². The van der Waals surface area contributed by atoms with Crippen LogP contribution in [0.4, 0.5) is 24.7 Å². The second kappa shape index (κ2) is 11.5. The van der Waals surface area contributed by atoms with E-state index < -0.39 is 17.8 Å². The summed E-state index contributed by atoms with van der Waals surface area (Å²) in [5.41, 5.74) is 0.243. The van der Waals surface area contributed by atoms with E-state index in [2.05, 4.69) is 15.6 Å². The molecule has 3 rings (SSSR count). The lowest BCUT2D eigenvalue weighted by Gasteiger charge is -2.19. The van der Waals surface area contributed by atoms with Crippen molar-refractivity contribution >= 4 is 17.5 Å². The molecule has 0 bridgehead atoms. The van der Waals surface area contributed by atoms with E-state index in [9.17, 15) is 18.0 Å². The molecule has 2 N–H and O–H groups in total. The van der Waals surface area contributed by atoms with Crippen molar-refractivity contribution in [2.45, 2.75) is 26.2 Å². The fourth-order valence-electron chi connectivity index (χ4n) is 3.24. The minimum absolute atomic E-state index is 0.0428. The second-order valence-corrected chi connectivity index (χ2v) is 7.40. The van der Waals surface area contributed by atoms with Gasteiger partial charge in [0.05, 0.1) is 26.5 Å². The summed E-state index contributed by atoms with van der Waals surface area (Å²) < 4.78 is 56.4. The molecule has 0 amide bonds. The predicted molar refractivity (Wildman–Crippen MR) is 126 cm³/mol. The molecule has 0 fully saturated rings. The van der Waals surface area contributed by atoms with Gasteiger partial charge in [0.2, 0.25) is 0 Å². The van der Waals surface area contributed by atoms with Crippen LogP contribution in [0.1, 0.15) is 34.1 Å². The summed E-state index contributed by atoms with van der Waals surface area (Å²) in [5, 5.41) is 5.80. The molecule has 35 heavy (non-hydrogen) atoms. The fraction of sp³-hybridized carbons (Fsp3) is 0.280. The van der Waals surface area contributed by atoms with Crippen LogP contribution in [0, 0.1) is 0 Å². The molecule has 0 atom stereocenters. The van der Waals surface area contributed by atoms with E-state index in [4.69, 9.17) is 14.2 Å². The second-order valence-electron chi connectivity index (χ2n) is 7.40. The number of aromatic nitrogens is 1. The van der Waals surface area contributed by atoms with Gasteiger partial charge in [-0.1, -0.05) is 24.3 Å². The predicted octanol–water partition coefficient (Wildman–Crippen LogP) is 5.52. The number of hydrogen-bond acceptors (Lipinski definition) is 7. The van der Waals surface area contributed by atoms with Crippen LogP contribution in [-0.2, 0) is 24.0 Å². The van der Waals surface area contributed by atoms with Crippen molar-refractivity contribution in [1.29, 1.82) is 0 Å². The lowest BCUT2D eigenvalue weighted by Crippen LogP contribution is -2.19. The SMILES string of the molecule is CCOC(=O)c1c(NCc2ccc(OC)cc2)cc(C(F)(F)F)nc1NCc1ccc(OC)cc1. The lowest BCUT2D eigenvalue weighted by molar-refractivity contribution is -0.141. The van der Waals surface area contributed by atoms with Crippen LogP contribution in [0.2, 0.25) is 0 Å². The Hall–Kier alpha value is -3.95. The number of hydrogen-bond donors (Lipinski definition) is 2. The van der Waals surface area contributed by atoms with E-state index in [1.54, 1.807) is 55.5 Å². The first-order chi connectivity index (χ1) is 16.7. The van der Waals surface area contributed by atoms with E-state index in [-0.39, 0.29) is 36.8 Å². The van der Waals surface area contributed by atoms with Gasteiger partial charge in [-0.05, 0) is 48.4 Å². The normalized spacial score (nSPS) is 11.0. The van der Waals surface area contributed by atoms with Crippen molar-refractivity contribution in [3.8, 4) is 11.5 Å². The number of halogens is 3. The Morgan fingerprint density at radius 1 is 0.886 bits per heavy atom. The fourth-order valence-corrected chi connectivity index (χ4v) is 3.24. The van der Waals surface area contributed by atoms with Crippen LogP contribution in [0.5, 0.6) is 11.5 Å². The van der Waals surface area contributed by atoms with Crippen molar-refractivity contribution in [1.82, 2.24) is 4.98 Å². The van der Waals surface area contributed by atoms with E-state index in [1.807, 2.05) is 0 Å². The Balaban J connectivity index is 1.96. The lowest BCUT2D eigenvalue weighted by atomic mass is 10.1. The number of pyridine rings is 1. The maximum Gasteiger partial charge on any atom is 0.433 e. The Bertz CT molecular complexity index is 1060. The third-order valence-electron chi connectivity index (χ3n) is 5.05. The van der Waals surface area contributed by atoms with Gasteiger partial charge >= 0.3 is 12.1 Å². The van der Waals surface area contributed by atoms with Gasteiger partial charge in [-0.15, -0.1) is 0 Å². The van der Waals surface area contributed by atoms with Gasteiger partial charge in [-0.25, -0.2) is 9.78 Å². The zero-order valence-corrected chi connectivity index (χ0v) is 19.5. The maximum absolute atomic E-state index is 13.7. The third kappa shape index (κ3) is 6.78. The minimum atomic E-state index is -4.72. The highest BCUT2D eigenvalue weighted by molar-refractivity contribution is 6.00. The number of nitrogens with zero attached hydrogens (tertiary/aromatic N) is 1. The number of nitrogens with one attached hydrogen (secondary N) is 2. The molecule has 2 aromatic carbocycles. The van der Waals surface area contributed by atoms with Gasteiger partial charge in [0, 0.05) is 13.1 Å². The van der Waals surface area contributed by atoms with Crippen LogP contribution < -0.4 is 20.1 Å². The number of rotatable bonds is 10. The van der Waals surface area contributed by atoms with Crippen molar-refractivity contribution in [2.24, 2.45) is 0 Å². The smallest absolute Gasteiger partial charge is 0.433 e. The monoisotopic (exact) mass is 489 g/mol. The number of carbonyl (C=O) groups excluding carboxylic acids is 1. The molecule has 0 aliphatic heterocycles. The Morgan fingerprint density at radius 2 is 1.40 bits per heavy atom. The van der Waals surface area contributed by atoms with Gasteiger partial charge in [0.15, 0.2) is 0 Å². The minimum Gasteiger partial charge on any atom is -0.497 e. The number of esters is 1. The third-order valence-corrected chi connectivity index (χ3v) is 5.05. The molecule has 0 unspecified atom stereocenters. The molecular formula is C25H26F3N3O4. The largest absolute Gasteiger partial charge is 0.497 e. The van der Waals surface area contributed by atoms with Crippen LogP contribution in [0.15, 0.2) is 54.6 Å². The van der Waals surface area contributed by atoms with Gasteiger partial charge < -0.3 is 24.8 Å². The maximum atomic E-state index is 13.7. The van der Waals surface area contributed by atoms with Gasteiger partial charge in [-0.3, -0.25) is 0 Å². The van der Waals surface area contributed by atoms with Crippen LogP contribution in [0.25, 0.3) is 0 Å². The summed E-state index contributed by atoms with van der Waals surface area (Å²) in [5.74, 6) is 0.270. The summed E-state index contributed by atoms with van der Waals surface area (Å²) in [6, 6.07) is 14.8. The summed E-state index contributed by atoms with van der Waals surface area (Å²) in [6.07, 6.45) is -4.72. The molecule has 0 saturated heterocycles. The Morgan fingerprint density at radius 3 is 1.86 bits per heavy atom. The molecule has 186 valence electrons. The zero-order chi connectivity index (χ0) is 25.4. The van der Waals surface area contributed by atoms with Gasteiger partial charge in [0.1, 0.15) is 28.6 Å². The van der Waals surface area contributed by atoms with E-state index in [0.29, 0.717) is 11.5 Å². The van der Waals surface area contributed by atoms with Gasteiger partial charge in [0.25, 0.3) is 0 Å². The van der Waals surface area contributed by atoms with E-state index in [1.165, 1.54) is 14.2 Å². The van der Waals surface area contributed by atoms with E-state index >= 15 is 0 Å². The average molecular weight is 489 g/mol. The summed E-state index contributed by atoms with van der Waals surface area (Å²) in [7, 11) is 3.07. The first-order valence-electron chi connectivity index (χ1n) is 10.8. The van der Waals surface area contributed by atoms with Crippen LogP contribution >= 0.6 is 0 Å². The molecule has 1 heterocycles. The molecule has 0 spiro atoms. The topological polar surface area (TPSA) is 81.7 Å².